The van der Waals surface area contributed by atoms with Crippen molar-refractivity contribution >= 4 is 23.5 Å². The van der Waals surface area contributed by atoms with Crippen LogP contribution >= 0.6 is 11.8 Å². The molecule has 0 aliphatic heterocycles. The number of aromatic nitrogens is 2. The predicted molar refractivity (Wildman–Crippen MR) is 104 cm³/mol. The Morgan fingerprint density at radius 1 is 1.12 bits per heavy atom. The highest BCUT2D eigenvalue weighted by Crippen LogP contribution is 2.24. The van der Waals surface area contributed by atoms with Crippen LogP contribution < -0.4 is 5.32 Å². The number of benzene rings is 2. The summed E-state index contributed by atoms with van der Waals surface area (Å²) in [7, 11) is 0. The average molecular weight is 369 g/mol. The van der Waals surface area contributed by atoms with Crippen molar-refractivity contribution in [2.45, 2.75) is 25.7 Å². The van der Waals surface area contributed by atoms with E-state index in [1.165, 1.54) is 29.5 Å². The number of hydrogen-bond acceptors (Lipinski definition) is 3. The lowest BCUT2D eigenvalue weighted by atomic mass is 10.2. The molecular formula is C20H20FN3OS. The smallest absolute Gasteiger partial charge is 0.235 e. The number of carbonyl (C=O) groups is 1. The molecule has 2 aromatic carbocycles. The van der Waals surface area contributed by atoms with Crippen LogP contribution in [0.3, 0.4) is 0 Å². The maximum Gasteiger partial charge on any atom is 0.235 e. The first-order chi connectivity index (χ1) is 12.4. The number of aryl methyl sites for hydroxylation is 3. The third-order valence-electron chi connectivity index (χ3n) is 3.87. The number of anilines is 1. The fraction of sp³-hybridized carbons (Fsp3) is 0.200. The van der Waals surface area contributed by atoms with Gasteiger partial charge < -0.3 is 5.32 Å². The molecule has 0 aliphatic carbocycles. The van der Waals surface area contributed by atoms with Crippen molar-refractivity contribution < 1.29 is 9.18 Å². The fourth-order valence-electron chi connectivity index (χ4n) is 2.55. The van der Waals surface area contributed by atoms with Gasteiger partial charge in [0.15, 0.2) is 0 Å². The number of rotatable bonds is 5. The summed E-state index contributed by atoms with van der Waals surface area (Å²) in [5.74, 6) is 0.450. The molecule has 0 spiro atoms. The van der Waals surface area contributed by atoms with Gasteiger partial charge in [-0.1, -0.05) is 17.7 Å². The molecule has 6 heteroatoms. The van der Waals surface area contributed by atoms with E-state index >= 15 is 0 Å². The van der Waals surface area contributed by atoms with Crippen molar-refractivity contribution in [2.75, 3.05) is 11.1 Å². The second kappa shape index (κ2) is 7.74. The molecule has 1 heterocycles. The third-order valence-corrected chi connectivity index (χ3v) is 5.03. The lowest BCUT2D eigenvalue weighted by molar-refractivity contribution is -0.113. The number of carbonyl (C=O) groups excluding carboxylic acids is 1. The first-order valence-corrected chi connectivity index (χ1v) is 9.23. The monoisotopic (exact) mass is 369 g/mol. The Labute approximate surface area is 156 Å². The van der Waals surface area contributed by atoms with Crippen LogP contribution in [0, 0.1) is 26.6 Å². The number of hydrogen-bond donors (Lipinski definition) is 1. The molecule has 0 fully saturated rings. The van der Waals surface area contributed by atoms with E-state index in [0.717, 1.165) is 16.2 Å². The van der Waals surface area contributed by atoms with Crippen LogP contribution in [0.4, 0.5) is 10.2 Å². The third kappa shape index (κ3) is 4.32. The van der Waals surface area contributed by atoms with E-state index in [1.54, 1.807) is 22.9 Å². The van der Waals surface area contributed by atoms with Crippen LogP contribution in [0.1, 0.15) is 16.8 Å². The molecule has 1 aromatic heterocycles. The fourth-order valence-corrected chi connectivity index (χ4v) is 3.48. The number of halogens is 1. The second-order valence-electron chi connectivity index (χ2n) is 6.16. The molecule has 1 amide bonds. The first-order valence-electron chi connectivity index (χ1n) is 8.25. The SMILES string of the molecule is Cc1ccc(C)c(SCC(=O)Nc2cc(C)nn2-c2ccc(F)cc2)c1. The zero-order chi connectivity index (χ0) is 18.7. The Kier molecular flexibility index (Phi) is 5.42. The van der Waals surface area contributed by atoms with Gasteiger partial charge in [0, 0.05) is 11.0 Å². The molecule has 0 bridgehead atoms. The van der Waals surface area contributed by atoms with Crippen molar-refractivity contribution in [1.82, 2.24) is 9.78 Å². The van der Waals surface area contributed by atoms with E-state index in [0.29, 0.717) is 17.3 Å². The lowest BCUT2D eigenvalue weighted by Crippen LogP contribution is -2.17. The van der Waals surface area contributed by atoms with E-state index in [1.807, 2.05) is 20.8 Å². The first kappa shape index (κ1) is 18.2. The molecule has 0 radical (unpaired) electrons. The van der Waals surface area contributed by atoms with Crippen molar-refractivity contribution in [3.63, 3.8) is 0 Å². The predicted octanol–water partition coefficient (Wildman–Crippen LogP) is 4.67. The van der Waals surface area contributed by atoms with E-state index in [9.17, 15) is 9.18 Å². The summed E-state index contributed by atoms with van der Waals surface area (Å²) in [4.78, 5) is 13.5. The number of thioether (sulfide) groups is 1. The maximum atomic E-state index is 13.1. The Morgan fingerprint density at radius 2 is 1.85 bits per heavy atom. The van der Waals surface area contributed by atoms with Gasteiger partial charge >= 0.3 is 0 Å². The van der Waals surface area contributed by atoms with E-state index in [-0.39, 0.29) is 11.7 Å². The minimum atomic E-state index is -0.312. The number of amides is 1. The Morgan fingerprint density at radius 3 is 2.58 bits per heavy atom. The molecule has 134 valence electrons. The quantitative estimate of drug-likeness (QED) is 0.665. The Balaban J connectivity index is 1.71. The van der Waals surface area contributed by atoms with E-state index in [2.05, 4.69) is 28.6 Å². The van der Waals surface area contributed by atoms with Crippen molar-refractivity contribution in [2.24, 2.45) is 0 Å². The van der Waals surface area contributed by atoms with Crippen molar-refractivity contribution in [3.05, 3.63) is 71.2 Å². The van der Waals surface area contributed by atoms with Gasteiger partial charge in [0.05, 0.1) is 17.1 Å². The molecule has 4 nitrogen and oxygen atoms in total. The molecule has 26 heavy (non-hydrogen) atoms. The minimum Gasteiger partial charge on any atom is -0.310 e. The summed E-state index contributed by atoms with van der Waals surface area (Å²) in [6, 6.07) is 14.0. The summed E-state index contributed by atoms with van der Waals surface area (Å²) in [5.41, 5.74) is 3.79. The molecule has 0 saturated carbocycles. The van der Waals surface area contributed by atoms with Gasteiger partial charge in [0.1, 0.15) is 11.6 Å². The van der Waals surface area contributed by atoms with E-state index in [4.69, 9.17) is 0 Å². The van der Waals surface area contributed by atoms with Gasteiger partial charge in [-0.05, 0) is 56.7 Å². The zero-order valence-electron chi connectivity index (χ0n) is 14.9. The highest BCUT2D eigenvalue weighted by molar-refractivity contribution is 8.00. The molecule has 0 atom stereocenters. The maximum absolute atomic E-state index is 13.1. The molecule has 1 N–H and O–H groups in total. The largest absolute Gasteiger partial charge is 0.310 e. The molecule has 0 aliphatic rings. The molecule has 3 rings (SSSR count). The van der Waals surface area contributed by atoms with Gasteiger partial charge in [0.2, 0.25) is 5.91 Å². The summed E-state index contributed by atoms with van der Waals surface area (Å²) in [6.45, 7) is 5.92. The topological polar surface area (TPSA) is 46.9 Å². The van der Waals surface area contributed by atoms with Gasteiger partial charge in [-0.2, -0.15) is 5.10 Å². The summed E-state index contributed by atoms with van der Waals surface area (Å²) in [6.07, 6.45) is 0. The van der Waals surface area contributed by atoms with E-state index < -0.39 is 0 Å². The van der Waals surface area contributed by atoms with Gasteiger partial charge in [0.25, 0.3) is 0 Å². The minimum absolute atomic E-state index is 0.112. The van der Waals surface area contributed by atoms with Crippen LogP contribution in [-0.4, -0.2) is 21.4 Å². The van der Waals surface area contributed by atoms with Crippen molar-refractivity contribution in [1.29, 1.82) is 0 Å². The van der Waals surface area contributed by atoms with Gasteiger partial charge in [-0.15, -0.1) is 11.8 Å². The Bertz CT molecular complexity index is 935. The highest BCUT2D eigenvalue weighted by atomic mass is 32.2. The van der Waals surface area contributed by atoms with Gasteiger partial charge in [-0.25, -0.2) is 9.07 Å². The van der Waals surface area contributed by atoms with Crippen LogP contribution in [-0.2, 0) is 4.79 Å². The van der Waals surface area contributed by atoms with Crippen LogP contribution in [0.2, 0.25) is 0 Å². The zero-order valence-corrected chi connectivity index (χ0v) is 15.7. The highest BCUT2D eigenvalue weighted by Gasteiger charge is 2.12. The van der Waals surface area contributed by atoms with Crippen LogP contribution in [0.15, 0.2) is 53.4 Å². The standard InChI is InChI=1S/C20H20FN3OS/c1-13-4-5-14(2)18(10-13)26-12-20(25)22-19-11-15(3)23-24(19)17-8-6-16(21)7-9-17/h4-11H,12H2,1-3H3,(H,22,25). The summed E-state index contributed by atoms with van der Waals surface area (Å²) < 4.78 is 14.7. The molecule has 3 aromatic rings. The normalized spacial score (nSPS) is 10.8. The molecule has 0 unspecified atom stereocenters. The molecular weight excluding hydrogens is 349 g/mol. The molecule has 0 saturated heterocycles. The number of nitrogens with one attached hydrogen (secondary N) is 1. The lowest BCUT2D eigenvalue weighted by Gasteiger charge is -2.10. The van der Waals surface area contributed by atoms with Gasteiger partial charge in [-0.3, -0.25) is 4.79 Å². The van der Waals surface area contributed by atoms with Crippen LogP contribution in [0.25, 0.3) is 5.69 Å². The second-order valence-corrected chi connectivity index (χ2v) is 7.18. The number of nitrogens with zero attached hydrogens (tertiary/aromatic N) is 2. The van der Waals surface area contributed by atoms with Crippen LogP contribution in [0.5, 0.6) is 0 Å². The Hall–Kier alpha value is -2.60. The summed E-state index contributed by atoms with van der Waals surface area (Å²) in [5, 5.41) is 7.28. The van der Waals surface area contributed by atoms with Crippen molar-refractivity contribution in [3.8, 4) is 5.69 Å². The average Bonchev–Trinajstić information content (AvgIpc) is 2.96. The summed E-state index contributed by atoms with van der Waals surface area (Å²) >= 11 is 1.51.